The van der Waals surface area contributed by atoms with Crippen molar-refractivity contribution in [3.63, 3.8) is 0 Å². The number of pyridine rings is 1. The second-order valence-corrected chi connectivity index (χ2v) is 4.59. The molecule has 2 aromatic heterocycles. The Kier molecular flexibility index (Phi) is 3.67. The summed E-state index contributed by atoms with van der Waals surface area (Å²) in [4.78, 5) is 10.8. The van der Waals surface area contributed by atoms with E-state index in [1.165, 1.54) is 6.20 Å². The predicted octanol–water partition coefficient (Wildman–Crippen LogP) is 0.408. The van der Waals surface area contributed by atoms with Gasteiger partial charge in [-0.05, 0) is 12.1 Å². The maximum atomic E-state index is 8.73. The smallest absolute Gasteiger partial charge is 0.276 e. The van der Waals surface area contributed by atoms with Gasteiger partial charge in [-0.1, -0.05) is 5.16 Å². The van der Waals surface area contributed by atoms with Crippen molar-refractivity contribution >= 4 is 0 Å². The maximum absolute atomic E-state index is 8.73. The molecule has 0 bridgehead atoms. The third-order valence-corrected chi connectivity index (χ3v) is 3.15. The average molecular weight is 270 g/mol. The second kappa shape index (κ2) is 5.77. The Morgan fingerprint density at radius 1 is 1.35 bits per heavy atom. The third-order valence-electron chi connectivity index (χ3n) is 3.15. The van der Waals surface area contributed by atoms with Crippen molar-refractivity contribution in [3.05, 3.63) is 29.7 Å². The minimum absolute atomic E-state index is 0.389. The lowest BCUT2D eigenvalue weighted by molar-refractivity contribution is 0.225. The zero-order valence-electron chi connectivity index (χ0n) is 10.9. The molecule has 1 aliphatic rings. The fourth-order valence-corrected chi connectivity index (χ4v) is 2.08. The molecule has 7 nitrogen and oxygen atoms in total. The molecule has 3 heterocycles. The highest BCUT2D eigenvalue weighted by atomic mass is 16.5. The van der Waals surface area contributed by atoms with Crippen LogP contribution in [0.3, 0.4) is 0 Å². The normalized spacial score (nSPS) is 15.9. The Bertz CT molecular complexity index is 609. The lowest BCUT2D eigenvalue weighted by Crippen LogP contribution is -2.43. The first-order valence-corrected chi connectivity index (χ1v) is 6.47. The van der Waals surface area contributed by atoms with E-state index in [9.17, 15) is 0 Å². The van der Waals surface area contributed by atoms with Gasteiger partial charge in [0.1, 0.15) is 11.8 Å². The molecule has 1 saturated heterocycles. The van der Waals surface area contributed by atoms with Crippen molar-refractivity contribution in [2.24, 2.45) is 0 Å². The number of nitrogens with zero attached hydrogens (tertiary/aromatic N) is 5. The summed E-state index contributed by atoms with van der Waals surface area (Å²) in [7, 11) is 0. The van der Waals surface area contributed by atoms with Gasteiger partial charge in [0.05, 0.1) is 12.1 Å². The summed E-state index contributed by atoms with van der Waals surface area (Å²) < 4.78 is 5.22. The molecule has 1 fully saturated rings. The fourth-order valence-electron chi connectivity index (χ4n) is 2.08. The predicted molar refractivity (Wildman–Crippen MR) is 70.4 cm³/mol. The Morgan fingerprint density at radius 2 is 2.20 bits per heavy atom. The summed E-state index contributed by atoms with van der Waals surface area (Å²) in [6.45, 7) is 4.63. The molecule has 0 aliphatic carbocycles. The summed E-state index contributed by atoms with van der Waals surface area (Å²) >= 11 is 0. The van der Waals surface area contributed by atoms with Gasteiger partial charge < -0.3 is 9.84 Å². The lowest BCUT2D eigenvalue weighted by Gasteiger charge is -2.25. The van der Waals surface area contributed by atoms with Crippen LogP contribution in [-0.4, -0.2) is 46.2 Å². The van der Waals surface area contributed by atoms with Crippen LogP contribution in [0, 0.1) is 11.3 Å². The molecular weight excluding hydrogens is 256 g/mol. The molecule has 1 N–H and O–H groups in total. The number of hydrogen-bond acceptors (Lipinski definition) is 7. The Morgan fingerprint density at radius 3 is 2.90 bits per heavy atom. The fraction of sp³-hybridized carbons (Fsp3) is 0.385. The van der Waals surface area contributed by atoms with Crippen LogP contribution in [0.2, 0.25) is 0 Å². The van der Waals surface area contributed by atoms with Gasteiger partial charge in [0.15, 0.2) is 5.82 Å². The molecule has 102 valence electrons. The number of rotatable bonds is 3. The van der Waals surface area contributed by atoms with Gasteiger partial charge >= 0.3 is 0 Å². The molecular formula is C13H14N6O. The Hall–Kier alpha value is -2.30. The SMILES string of the molecule is N#Cc1ccc(-c2nc(CN3CCNCC3)no2)nc1. The zero-order valence-corrected chi connectivity index (χ0v) is 10.9. The quantitative estimate of drug-likeness (QED) is 0.863. The van der Waals surface area contributed by atoms with E-state index >= 15 is 0 Å². The summed E-state index contributed by atoms with van der Waals surface area (Å²) in [6, 6.07) is 5.42. The molecule has 0 amide bonds. The van der Waals surface area contributed by atoms with Gasteiger partial charge in [0.2, 0.25) is 0 Å². The maximum Gasteiger partial charge on any atom is 0.276 e. The molecule has 0 radical (unpaired) electrons. The molecule has 1 aliphatic heterocycles. The molecule has 0 unspecified atom stereocenters. The summed E-state index contributed by atoms with van der Waals surface area (Å²) in [5.41, 5.74) is 1.09. The molecule has 0 saturated carbocycles. The van der Waals surface area contributed by atoms with Crippen molar-refractivity contribution in [1.29, 1.82) is 5.26 Å². The van der Waals surface area contributed by atoms with Crippen LogP contribution in [0.15, 0.2) is 22.9 Å². The number of aromatic nitrogens is 3. The minimum Gasteiger partial charge on any atom is -0.332 e. The lowest BCUT2D eigenvalue weighted by atomic mass is 10.3. The minimum atomic E-state index is 0.389. The van der Waals surface area contributed by atoms with Crippen LogP contribution in [0.1, 0.15) is 11.4 Å². The highest BCUT2D eigenvalue weighted by molar-refractivity contribution is 5.47. The van der Waals surface area contributed by atoms with Gasteiger partial charge in [-0.15, -0.1) is 0 Å². The van der Waals surface area contributed by atoms with Crippen molar-refractivity contribution in [3.8, 4) is 17.7 Å². The standard InChI is InChI=1S/C13H14N6O/c14-7-10-1-2-11(16-8-10)13-17-12(18-20-13)9-19-5-3-15-4-6-19/h1-2,8,15H,3-6,9H2. The monoisotopic (exact) mass is 270 g/mol. The zero-order chi connectivity index (χ0) is 13.8. The first-order valence-electron chi connectivity index (χ1n) is 6.47. The van der Waals surface area contributed by atoms with Gasteiger partial charge in [0, 0.05) is 32.4 Å². The first-order chi connectivity index (χ1) is 9.85. The largest absolute Gasteiger partial charge is 0.332 e. The van der Waals surface area contributed by atoms with E-state index in [4.69, 9.17) is 9.78 Å². The van der Waals surface area contributed by atoms with Gasteiger partial charge in [0.25, 0.3) is 5.89 Å². The van der Waals surface area contributed by atoms with Crippen molar-refractivity contribution < 1.29 is 4.52 Å². The van der Waals surface area contributed by atoms with Gasteiger partial charge in [-0.25, -0.2) is 4.98 Å². The number of piperazine rings is 1. The molecule has 3 rings (SSSR count). The average Bonchev–Trinajstić information content (AvgIpc) is 2.97. The van der Waals surface area contributed by atoms with E-state index in [-0.39, 0.29) is 0 Å². The van der Waals surface area contributed by atoms with Crippen molar-refractivity contribution in [1.82, 2.24) is 25.3 Å². The number of nitrogens with one attached hydrogen (secondary N) is 1. The Balaban J connectivity index is 1.70. The highest BCUT2D eigenvalue weighted by Crippen LogP contribution is 2.15. The summed E-state index contributed by atoms with van der Waals surface area (Å²) in [5, 5.41) is 16.0. The summed E-state index contributed by atoms with van der Waals surface area (Å²) in [6.07, 6.45) is 1.50. The van der Waals surface area contributed by atoms with Crippen molar-refractivity contribution in [2.45, 2.75) is 6.54 Å². The van der Waals surface area contributed by atoms with Crippen LogP contribution >= 0.6 is 0 Å². The van der Waals surface area contributed by atoms with Crippen LogP contribution in [-0.2, 0) is 6.54 Å². The van der Waals surface area contributed by atoms with Crippen LogP contribution in [0.5, 0.6) is 0 Å². The van der Waals surface area contributed by atoms with E-state index in [0.29, 0.717) is 29.5 Å². The number of hydrogen-bond donors (Lipinski definition) is 1. The van der Waals surface area contributed by atoms with Crippen molar-refractivity contribution in [2.75, 3.05) is 26.2 Å². The second-order valence-electron chi connectivity index (χ2n) is 4.59. The van der Waals surface area contributed by atoms with Crippen LogP contribution < -0.4 is 5.32 Å². The van der Waals surface area contributed by atoms with E-state index in [0.717, 1.165) is 26.2 Å². The first kappa shape index (κ1) is 12.7. The third kappa shape index (κ3) is 2.82. The molecule has 0 spiro atoms. The summed E-state index contributed by atoms with van der Waals surface area (Å²) in [5.74, 6) is 1.05. The van der Waals surface area contributed by atoms with E-state index < -0.39 is 0 Å². The molecule has 0 aromatic carbocycles. The molecule has 20 heavy (non-hydrogen) atoms. The van der Waals surface area contributed by atoms with E-state index in [1.54, 1.807) is 12.1 Å². The van der Waals surface area contributed by atoms with E-state index in [1.807, 2.05) is 6.07 Å². The van der Waals surface area contributed by atoms with Gasteiger partial charge in [-0.3, -0.25) is 4.90 Å². The molecule has 7 heteroatoms. The Labute approximate surface area is 116 Å². The van der Waals surface area contributed by atoms with Gasteiger partial charge in [-0.2, -0.15) is 10.2 Å². The van der Waals surface area contributed by atoms with Crippen LogP contribution in [0.4, 0.5) is 0 Å². The topological polar surface area (TPSA) is 90.9 Å². The number of nitriles is 1. The highest BCUT2D eigenvalue weighted by Gasteiger charge is 2.15. The van der Waals surface area contributed by atoms with Crippen LogP contribution in [0.25, 0.3) is 11.6 Å². The molecule has 2 aromatic rings. The molecule has 0 atom stereocenters. The van der Waals surface area contributed by atoms with E-state index in [2.05, 4.69) is 25.3 Å².